The summed E-state index contributed by atoms with van der Waals surface area (Å²) < 4.78 is 7.31. The third kappa shape index (κ3) is 3.71. The minimum Gasteiger partial charge on any atom is -0.481 e. The van der Waals surface area contributed by atoms with Crippen LogP contribution in [0, 0.1) is 0 Å². The Bertz CT molecular complexity index is 672. The van der Waals surface area contributed by atoms with Gasteiger partial charge in [0.15, 0.2) is 5.69 Å². The first-order valence-electron chi connectivity index (χ1n) is 8.86. The van der Waals surface area contributed by atoms with Gasteiger partial charge in [0.1, 0.15) is 0 Å². The van der Waals surface area contributed by atoms with Crippen molar-refractivity contribution in [3.63, 3.8) is 0 Å². The van der Waals surface area contributed by atoms with Crippen LogP contribution in [0.5, 0.6) is 0 Å². The largest absolute Gasteiger partial charge is 0.481 e. The van der Waals surface area contributed by atoms with Crippen molar-refractivity contribution in [3.8, 4) is 0 Å². The van der Waals surface area contributed by atoms with E-state index in [2.05, 4.69) is 25.9 Å². The zero-order chi connectivity index (χ0) is 18.4. The van der Waals surface area contributed by atoms with E-state index in [4.69, 9.17) is 9.84 Å². The molecule has 138 valence electrons. The number of aromatic nitrogens is 2. The Morgan fingerprint density at radius 1 is 1.36 bits per heavy atom. The van der Waals surface area contributed by atoms with E-state index in [1.54, 1.807) is 12.0 Å². The van der Waals surface area contributed by atoms with Crippen LogP contribution in [-0.4, -0.2) is 57.5 Å². The van der Waals surface area contributed by atoms with E-state index in [9.17, 15) is 9.59 Å². The van der Waals surface area contributed by atoms with Crippen LogP contribution in [0.1, 0.15) is 68.6 Å². The van der Waals surface area contributed by atoms with Gasteiger partial charge >= 0.3 is 5.97 Å². The number of rotatable bonds is 5. The molecule has 2 unspecified atom stereocenters. The number of methoxy groups -OCH3 is 1. The van der Waals surface area contributed by atoms with Gasteiger partial charge in [0.05, 0.1) is 18.1 Å². The highest BCUT2D eigenvalue weighted by atomic mass is 16.5. The standard InChI is InChI=1S/C18H27N3O4/c1-18(2,3)21-15(11-5-6-11)9-14(19-21)17(24)20-10-13(25-4)7-12(20)8-16(22)23/h9,11-13H,5-8,10H2,1-4H3,(H,22,23). The second-order valence-electron chi connectivity index (χ2n) is 8.11. The maximum Gasteiger partial charge on any atom is 0.305 e. The number of carbonyl (C=O) groups is 2. The lowest BCUT2D eigenvalue weighted by Gasteiger charge is -2.23. The van der Waals surface area contributed by atoms with E-state index in [1.807, 2.05) is 10.7 Å². The molecule has 25 heavy (non-hydrogen) atoms. The van der Waals surface area contributed by atoms with E-state index >= 15 is 0 Å². The molecule has 1 amide bonds. The summed E-state index contributed by atoms with van der Waals surface area (Å²) in [6.45, 7) is 6.63. The number of carboxylic acid groups (broad SMARTS) is 1. The fourth-order valence-electron chi connectivity index (χ4n) is 3.54. The number of nitrogens with zero attached hydrogens (tertiary/aromatic N) is 3. The Labute approximate surface area is 147 Å². The molecular weight excluding hydrogens is 322 g/mol. The number of likely N-dealkylation sites (tertiary alicyclic amines) is 1. The van der Waals surface area contributed by atoms with Gasteiger partial charge in [-0.15, -0.1) is 0 Å². The van der Waals surface area contributed by atoms with E-state index in [1.165, 1.54) is 0 Å². The molecule has 1 aliphatic heterocycles. The van der Waals surface area contributed by atoms with Crippen molar-refractivity contribution in [1.82, 2.24) is 14.7 Å². The number of aliphatic carboxylic acids is 1. The summed E-state index contributed by atoms with van der Waals surface area (Å²) in [5.41, 5.74) is 1.31. The van der Waals surface area contributed by atoms with Crippen LogP contribution in [-0.2, 0) is 15.1 Å². The van der Waals surface area contributed by atoms with Crippen molar-refractivity contribution < 1.29 is 19.4 Å². The quantitative estimate of drug-likeness (QED) is 0.881. The van der Waals surface area contributed by atoms with Crippen molar-refractivity contribution in [1.29, 1.82) is 0 Å². The molecule has 1 saturated carbocycles. The summed E-state index contributed by atoms with van der Waals surface area (Å²) >= 11 is 0. The molecule has 2 heterocycles. The van der Waals surface area contributed by atoms with E-state index in [0.29, 0.717) is 24.6 Å². The Morgan fingerprint density at radius 2 is 2.04 bits per heavy atom. The van der Waals surface area contributed by atoms with Crippen LogP contribution in [0.2, 0.25) is 0 Å². The number of amides is 1. The average Bonchev–Trinajstić information content (AvgIpc) is 3.12. The predicted molar refractivity (Wildman–Crippen MR) is 91.7 cm³/mol. The molecule has 7 nitrogen and oxygen atoms in total. The average molecular weight is 349 g/mol. The first kappa shape index (κ1) is 17.9. The molecule has 7 heteroatoms. The lowest BCUT2D eigenvalue weighted by molar-refractivity contribution is -0.138. The topological polar surface area (TPSA) is 84.7 Å². The van der Waals surface area contributed by atoms with Gasteiger partial charge in [-0.05, 0) is 46.1 Å². The van der Waals surface area contributed by atoms with Gasteiger partial charge in [0.25, 0.3) is 5.91 Å². The van der Waals surface area contributed by atoms with Crippen LogP contribution in [0.3, 0.4) is 0 Å². The SMILES string of the molecule is COC1CC(CC(=O)O)N(C(=O)c2cc(C3CC3)n(C(C)(C)C)n2)C1. The molecule has 0 spiro atoms. The van der Waals surface area contributed by atoms with Gasteiger partial charge < -0.3 is 14.7 Å². The smallest absolute Gasteiger partial charge is 0.305 e. The van der Waals surface area contributed by atoms with Crippen LogP contribution < -0.4 is 0 Å². The molecule has 1 N–H and O–H groups in total. The Kier molecular flexibility index (Phi) is 4.62. The van der Waals surface area contributed by atoms with Crippen molar-refractivity contribution in [3.05, 3.63) is 17.5 Å². The van der Waals surface area contributed by atoms with E-state index in [-0.39, 0.29) is 30.0 Å². The summed E-state index contributed by atoms with van der Waals surface area (Å²) in [6.07, 6.45) is 2.62. The summed E-state index contributed by atoms with van der Waals surface area (Å²) in [5, 5.41) is 13.7. The summed E-state index contributed by atoms with van der Waals surface area (Å²) in [6, 6.07) is 1.54. The van der Waals surface area contributed by atoms with E-state index in [0.717, 1.165) is 18.5 Å². The summed E-state index contributed by atoms with van der Waals surface area (Å²) in [5.74, 6) is -0.623. The first-order chi connectivity index (χ1) is 11.7. The zero-order valence-corrected chi connectivity index (χ0v) is 15.4. The molecule has 1 aromatic rings. The highest BCUT2D eigenvalue weighted by Crippen LogP contribution is 2.42. The number of carbonyl (C=O) groups excluding carboxylic acids is 1. The van der Waals surface area contributed by atoms with Crippen molar-refractivity contribution in [2.75, 3.05) is 13.7 Å². The Morgan fingerprint density at radius 3 is 2.56 bits per heavy atom. The second-order valence-corrected chi connectivity index (χ2v) is 8.11. The number of hydrogen-bond acceptors (Lipinski definition) is 4. The van der Waals surface area contributed by atoms with Gasteiger partial charge in [-0.2, -0.15) is 5.10 Å². The zero-order valence-electron chi connectivity index (χ0n) is 15.4. The monoisotopic (exact) mass is 349 g/mol. The second kappa shape index (κ2) is 6.44. The fourth-order valence-corrected chi connectivity index (χ4v) is 3.54. The fraction of sp³-hybridized carbons (Fsp3) is 0.722. The molecule has 2 atom stereocenters. The molecule has 0 aromatic carbocycles. The van der Waals surface area contributed by atoms with Crippen LogP contribution >= 0.6 is 0 Å². The summed E-state index contributed by atoms with van der Waals surface area (Å²) in [7, 11) is 1.59. The lowest BCUT2D eigenvalue weighted by Crippen LogP contribution is -2.37. The third-order valence-corrected chi connectivity index (χ3v) is 4.97. The predicted octanol–water partition coefficient (Wildman–Crippen LogP) is 2.22. The normalized spacial score (nSPS) is 23.9. The molecule has 0 radical (unpaired) electrons. The van der Waals surface area contributed by atoms with Gasteiger partial charge in [0, 0.05) is 31.3 Å². The minimum absolute atomic E-state index is 0.0684. The lowest BCUT2D eigenvalue weighted by atomic mass is 10.1. The molecule has 2 fully saturated rings. The summed E-state index contributed by atoms with van der Waals surface area (Å²) in [4.78, 5) is 25.8. The number of carboxylic acids is 1. The molecule has 1 aliphatic carbocycles. The van der Waals surface area contributed by atoms with E-state index < -0.39 is 5.97 Å². The van der Waals surface area contributed by atoms with Crippen LogP contribution in [0.4, 0.5) is 0 Å². The third-order valence-electron chi connectivity index (χ3n) is 4.97. The van der Waals surface area contributed by atoms with Crippen molar-refractivity contribution >= 4 is 11.9 Å². The van der Waals surface area contributed by atoms with Gasteiger partial charge in [-0.3, -0.25) is 14.3 Å². The maximum absolute atomic E-state index is 13.0. The highest BCUT2D eigenvalue weighted by molar-refractivity contribution is 5.93. The molecule has 2 aliphatic rings. The van der Waals surface area contributed by atoms with Gasteiger partial charge in [-0.1, -0.05) is 0 Å². The van der Waals surface area contributed by atoms with Crippen molar-refractivity contribution in [2.24, 2.45) is 0 Å². The molecular formula is C18H27N3O4. The van der Waals surface area contributed by atoms with Gasteiger partial charge in [0.2, 0.25) is 0 Å². The minimum atomic E-state index is -0.904. The van der Waals surface area contributed by atoms with Crippen LogP contribution in [0.25, 0.3) is 0 Å². The van der Waals surface area contributed by atoms with Crippen LogP contribution in [0.15, 0.2) is 6.07 Å². The molecule has 1 saturated heterocycles. The number of hydrogen-bond donors (Lipinski definition) is 1. The highest BCUT2D eigenvalue weighted by Gasteiger charge is 2.39. The molecule has 0 bridgehead atoms. The molecule has 1 aromatic heterocycles. The number of ether oxygens (including phenoxy) is 1. The van der Waals surface area contributed by atoms with Crippen molar-refractivity contribution in [2.45, 2.75) is 70.1 Å². The Hall–Kier alpha value is -1.89. The molecule has 3 rings (SSSR count). The Balaban J connectivity index is 1.87. The van der Waals surface area contributed by atoms with Gasteiger partial charge in [-0.25, -0.2) is 0 Å². The maximum atomic E-state index is 13.0. The first-order valence-corrected chi connectivity index (χ1v) is 8.86.